The summed E-state index contributed by atoms with van der Waals surface area (Å²) in [5.41, 5.74) is 0.715. The molecule has 2 amide bonds. The minimum absolute atomic E-state index is 0.112. The molecule has 0 radical (unpaired) electrons. The van der Waals surface area contributed by atoms with Crippen LogP contribution in [0.25, 0.3) is 0 Å². The number of nitrogens with zero attached hydrogens (tertiary/aromatic N) is 4. The first kappa shape index (κ1) is 34.5. The zero-order valence-corrected chi connectivity index (χ0v) is 22.9. The Kier molecular flexibility index (Phi) is 10.9. The van der Waals surface area contributed by atoms with Crippen LogP contribution in [0.5, 0.6) is 0 Å². The molecule has 0 bridgehead atoms. The van der Waals surface area contributed by atoms with Crippen molar-refractivity contribution in [3.05, 3.63) is 84.3 Å². The lowest BCUT2D eigenvalue weighted by Gasteiger charge is -2.42. The normalized spacial score (nSPS) is 19.7. The molecule has 2 atom stereocenters. The van der Waals surface area contributed by atoms with E-state index in [-0.39, 0.29) is 30.0 Å². The lowest BCUT2D eigenvalue weighted by atomic mass is 9.83. The summed E-state index contributed by atoms with van der Waals surface area (Å²) < 4.78 is 75.0. The fourth-order valence-corrected chi connectivity index (χ4v) is 4.48. The second-order valence-electron chi connectivity index (χ2n) is 9.43. The number of carboxylic acids is 2. The third-order valence-electron chi connectivity index (χ3n) is 6.48. The van der Waals surface area contributed by atoms with Crippen molar-refractivity contribution >= 4 is 23.8 Å². The molecule has 12 nitrogen and oxygen atoms in total. The van der Waals surface area contributed by atoms with Crippen molar-refractivity contribution in [1.82, 2.24) is 19.8 Å². The number of carboxylic acid groups (broad SMARTS) is 2. The third-order valence-corrected chi connectivity index (χ3v) is 6.48. The standard InChI is InChI=1S/C23H22N4O4.2C2HF3O2/c28-21(20-4-2-11-30-20)27-15-19(18-3-1-7-25-13-18)23(16-27)22(29)26(10-12-31-23)14-17-5-8-24-9-6-17;2*3-2(4,5)1(6)7/h1-9,11,13,19H,10,12,14-16H2;2*(H,6,7). The molecule has 2 aliphatic rings. The Hall–Kier alpha value is -5.00. The van der Waals surface area contributed by atoms with Crippen molar-refractivity contribution in [3.8, 4) is 0 Å². The molecule has 0 aromatic carbocycles. The Bertz CT molecular complexity index is 1430. The van der Waals surface area contributed by atoms with Gasteiger partial charge in [-0.05, 0) is 41.5 Å². The predicted octanol–water partition coefficient (Wildman–Crippen LogP) is 3.37. The smallest absolute Gasteiger partial charge is 0.475 e. The van der Waals surface area contributed by atoms with Crippen LogP contribution < -0.4 is 0 Å². The molecule has 2 fully saturated rings. The summed E-state index contributed by atoms with van der Waals surface area (Å²) in [4.78, 5) is 56.3. The van der Waals surface area contributed by atoms with Gasteiger partial charge in [-0.3, -0.25) is 19.6 Å². The van der Waals surface area contributed by atoms with Gasteiger partial charge >= 0.3 is 24.3 Å². The summed E-state index contributed by atoms with van der Waals surface area (Å²) in [6.07, 6.45) is -1.83. The quantitative estimate of drug-likeness (QED) is 0.402. The van der Waals surface area contributed by atoms with Crippen molar-refractivity contribution in [1.29, 1.82) is 0 Å². The van der Waals surface area contributed by atoms with Crippen molar-refractivity contribution in [2.75, 3.05) is 26.2 Å². The Balaban J connectivity index is 0.000000331. The summed E-state index contributed by atoms with van der Waals surface area (Å²) in [5, 5.41) is 14.2. The molecule has 0 aliphatic carbocycles. The zero-order chi connectivity index (χ0) is 33.4. The Morgan fingerprint density at radius 2 is 1.56 bits per heavy atom. The number of ether oxygens (including phenoxy) is 1. The van der Waals surface area contributed by atoms with Crippen LogP contribution in [-0.2, 0) is 25.7 Å². The number of furan rings is 1. The number of likely N-dealkylation sites (tertiary alicyclic amines) is 1. The Labute approximate surface area is 249 Å². The van der Waals surface area contributed by atoms with E-state index in [9.17, 15) is 35.9 Å². The van der Waals surface area contributed by atoms with Gasteiger partial charge in [-0.25, -0.2) is 9.59 Å². The molecule has 2 N–H and O–H groups in total. The molecule has 2 unspecified atom stereocenters. The van der Waals surface area contributed by atoms with Crippen LogP contribution in [0.4, 0.5) is 26.3 Å². The number of rotatable bonds is 4. The van der Waals surface area contributed by atoms with Crippen LogP contribution in [0, 0.1) is 0 Å². The summed E-state index contributed by atoms with van der Waals surface area (Å²) in [7, 11) is 0. The Morgan fingerprint density at radius 3 is 2.07 bits per heavy atom. The van der Waals surface area contributed by atoms with E-state index in [0.717, 1.165) is 11.1 Å². The van der Waals surface area contributed by atoms with E-state index >= 15 is 0 Å². The number of aliphatic carboxylic acids is 2. The highest BCUT2D eigenvalue weighted by atomic mass is 19.4. The van der Waals surface area contributed by atoms with Gasteiger partial charge in [-0.15, -0.1) is 0 Å². The second-order valence-corrected chi connectivity index (χ2v) is 9.43. The number of hydrogen-bond acceptors (Lipinski definition) is 8. The molecule has 5 heterocycles. The molecule has 45 heavy (non-hydrogen) atoms. The number of pyridine rings is 2. The third kappa shape index (κ3) is 8.78. The topological polar surface area (TPSA) is 163 Å². The lowest BCUT2D eigenvalue weighted by molar-refractivity contribution is -0.193. The molecule has 0 saturated carbocycles. The summed E-state index contributed by atoms with van der Waals surface area (Å²) in [6.45, 7) is 1.88. The van der Waals surface area contributed by atoms with Crippen LogP contribution >= 0.6 is 0 Å². The van der Waals surface area contributed by atoms with Crippen LogP contribution in [0.1, 0.15) is 27.6 Å². The largest absolute Gasteiger partial charge is 0.490 e. The van der Waals surface area contributed by atoms with E-state index in [4.69, 9.17) is 29.0 Å². The van der Waals surface area contributed by atoms with Crippen molar-refractivity contribution < 1.29 is 64.9 Å². The molecule has 5 rings (SSSR count). The maximum atomic E-state index is 13.8. The maximum absolute atomic E-state index is 13.8. The highest BCUT2D eigenvalue weighted by molar-refractivity contribution is 5.94. The molecule has 3 aromatic heterocycles. The highest BCUT2D eigenvalue weighted by Crippen LogP contribution is 2.42. The second kappa shape index (κ2) is 14.2. The number of morpholine rings is 1. The van der Waals surface area contributed by atoms with Crippen molar-refractivity contribution in [3.63, 3.8) is 0 Å². The molecule has 2 saturated heterocycles. The molecule has 3 aromatic rings. The molecule has 2 aliphatic heterocycles. The molecular formula is C27H24F6N4O8. The Morgan fingerprint density at radius 1 is 0.933 bits per heavy atom. The van der Waals surface area contributed by atoms with Gasteiger partial charge in [0.15, 0.2) is 11.4 Å². The maximum Gasteiger partial charge on any atom is 0.490 e. The van der Waals surface area contributed by atoms with Gasteiger partial charge in [0.05, 0.1) is 19.4 Å². The number of hydrogen-bond donors (Lipinski definition) is 2. The molecule has 1 spiro atoms. The van der Waals surface area contributed by atoms with Gasteiger partial charge in [0.25, 0.3) is 11.8 Å². The van der Waals surface area contributed by atoms with E-state index in [2.05, 4.69) is 9.97 Å². The number of carbonyl (C=O) groups is 4. The average molecular weight is 646 g/mol. The van der Waals surface area contributed by atoms with E-state index in [1.165, 1.54) is 6.26 Å². The zero-order valence-electron chi connectivity index (χ0n) is 22.9. The van der Waals surface area contributed by atoms with Crippen molar-refractivity contribution in [2.24, 2.45) is 0 Å². The fourth-order valence-electron chi connectivity index (χ4n) is 4.48. The number of alkyl halides is 6. The summed E-state index contributed by atoms with van der Waals surface area (Å²) >= 11 is 0. The molecular weight excluding hydrogens is 622 g/mol. The lowest BCUT2D eigenvalue weighted by Crippen LogP contribution is -2.60. The van der Waals surface area contributed by atoms with Gasteiger partial charge in [0.1, 0.15) is 0 Å². The monoisotopic (exact) mass is 646 g/mol. The van der Waals surface area contributed by atoms with Crippen LogP contribution in [0.3, 0.4) is 0 Å². The van der Waals surface area contributed by atoms with Crippen LogP contribution in [0.15, 0.2) is 71.9 Å². The van der Waals surface area contributed by atoms with E-state index in [0.29, 0.717) is 26.2 Å². The predicted molar refractivity (Wildman–Crippen MR) is 137 cm³/mol. The van der Waals surface area contributed by atoms with Crippen LogP contribution in [0.2, 0.25) is 0 Å². The number of amides is 2. The first-order chi connectivity index (χ1) is 21.1. The van der Waals surface area contributed by atoms with Gasteiger partial charge in [0, 0.05) is 50.3 Å². The molecule has 242 valence electrons. The minimum atomic E-state index is -5.08. The SMILES string of the molecule is O=C(O)C(F)(F)F.O=C(O)C(F)(F)F.O=C(c1ccco1)N1CC(c2cccnc2)C2(C1)OCCN(Cc1ccncc1)C2=O. The van der Waals surface area contributed by atoms with E-state index < -0.39 is 29.9 Å². The first-order valence-electron chi connectivity index (χ1n) is 12.7. The first-order valence-corrected chi connectivity index (χ1v) is 12.7. The van der Waals surface area contributed by atoms with E-state index in [1.54, 1.807) is 41.8 Å². The van der Waals surface area contributed by atoms with Gasteiger partial charge in [-0.2, -0.15) is 26.3 Å². The summed E-state index contributed by atoms with van der Waals surface area (Å²) in [5.74, 6) is -5.95. The minimum Gasteiger partial charge on any atom is -0.475 e. The van der Waals surface area contributed by atoms with Gasteiger partial charge in [0.2, 0.25) is 0 Å². The highest BCUT2D eigenvalue weighted by Gasteiger charge is 2.58. The fraction of sp³-hybridized carbons (Fsp3) is 0.333. The van der Waals surface area contributed by atoms with E-state index in [1.807, 2.05) is 29.2 Å². The molecule has 18 heteroatoms. The number of carbonyl (C=O) groups excluding carboxylic acids is 2. The van der Waals surface area contributed by atoms with Crippen molar-refractivity contribution in [2.45, 2.75) is 30.4 Å². The van der Waals surface area contributed by atoms with Gasteiger partial charge < -0.3 is 29.2 Å². The van der Waals surface area contributed by atoms with Gasteiger partial charge in [-0.1, -0.05) is 6.07 Å². The summed E-state index contributed by atoms with van der Waals surface area (Å²) in [6, 6.07) is 10.9. The average Bonchev–Trinajstić information content (AvgIpc) is 3.66. The number of aromatic nitrogens is 2. The van der Waals surface area contributed by atoms with Crippen LogP contribution in [-0.4, -0.2) is 97.9 Å². The number of halogens is 6.